The van der Waals surface area contributed by atoms with E-state index in [1.54, 1.807) is 12.1 Å². The number of aromatic nitrogens is 3. The zero-order valence-corrected chi connectivity index (χ0v) is 9.47. The van der Waals surface area contributed by atoms with Crippen LogP contribution in [-0.2, 0) is 6.54 Å². The van der Waals surface area contributed by atoms with E-state index in [2.05, 4.69) is 25.8 Å². The zero-order valence-electron chi connectivity index (χ0n) is 9.47. The molecule has 7 heteroatoms. The molecule has 2 rings (SSSR count). The molecule has 17 heavy (non-hydrogen) atoms. The minimum atomic E-state index is 0.228. The van der Waals surface area contributed by atoms with Gasteiger partial charge in [-0.15, -0.1) is 0 Å². The van der Waals surface area contributed by atoms with Gasteiger partial charge in [-0.25, -0.2) is 0 Å². The van der Waals surface area contributed by atoms with Crippen molar-refractivity contribution in [1.29, 1.82) is 0 Å². The third-order valence-corrected chi connectivity index (χ3v) is 2.04. The molecule has 0 spiro atoms. The average Bonchev–Trinajstić information content (AvgIpc) is 2.79. The Hall–Kier alpha value is -2.31. The highest BCUT2D eigenvalue weighted by Gasteiger charge is 2.02. The minimum absolute atomic E-state index is 0.228. The third kappa shape index (κ3) is 3.07. The van der Waals surface area contributed by atoms with Crippen LogP contribution in [0.5, 0.6) is 0 Å². The number of nitrogens with zero attached hydrogens (tertiary/aromatic N) is 3. The molecule has 0 aromatic carbocycles. The van der Waals surface area contributed by atoms with Crippen LogP contribution in [0.3, 0.4) is 0 Å². The average molecular weight is 234 g/mol. The van der Waals surface area contributed by atoms with Gasteiger partial charge in [0.25, 0.3) is 0 Å². The van der Waals surface area contributed by atoms with Gasteiger partial charge in [0.15, 0.2) is 0 Å². The first kappa shape index (κ1) is 11.2. The lowest BCUT2D eigenvalue weighted by Gasteiger charge is -2.07. The fourth-order valence-electron chi connectivity index (χ4n) is 1.34. The molecule has 0 fully saturated rings. The standard InChI is InChI=1S/C10H14N6O/c1-2-12-8-5-9(15-10(11)14-8)13-6-7-3-4-17-16-7/h3-5H,2,6H2,1H3,(H4,11,12,13,14,15). The van der Waals surface area contributed by atoms with Gasteiger partial charge >= 0.3 is 0 Å². The first-order valence-corrected chi connectivity index (χ1v) is 5.29. The van der Waals surface area contributed by atoms with Crippen LogP contribution in [0.1, 0.15) is 12.6 Å². The monoisotopic (exact) mass is 234 g/mol. The second-order valence-electron chi connectivity index (χ2n) is 3.37. The van der Waals surface area contributed by atoms with Gasteiger partial charge in [0.05, 0.1) is 6.54 Å². The Kier molecular flexibility index (Phi) is 3.39. The van der Waals surface area contributed by atoms with Gasteiger partial charge in [-0.1, -0.05) is 5.16 Å². The van der Waals surface area contributed by atoms with Crippen molar-refractivity contribution in [3.63, 3.8) is 0 Å². The van der Waals surface area contributed by atoms with Crippen molar-refractivity contribution in [3.8, 4) is 0 Å². The second kappa shape index (κ2) is 5.15. The predicted molar refractivity (Wildman–Crippen MR) is 64.4 cm³/mol. The van der Waals surface area contributed by atoms with Crippen molar-refractivity contribution in [1.82, 2.24) is 15.1 Å². The minimum Gasteiger partial charge on any atom is -0.370 e. The molecule has 0 radical (unpaired) electrons. The lowest BCUT2D eigenvalue weighted by Crippen LogP contribution is -2.07. The first-order chi connectivity index (χ1) is 8.28. The summed E-state index contributed by atoms with van der Waals surface area (Å²) in [4.78, 5) is 8.12. The molecule has 0 aliphatic carbocycles. The Morgan fingerprint density at radius 2 is 2.06 bits per heavy atom. The molecular weight excluding hydrogens is 220 g/mol. The summed E-state index contributed by atoms with van der Waals surface area (Å²) >= 11 is 0. The van der Waals surface area contributed by atoms with Crippen LogP contribution < -0.4 is 16.4 Å². The van der Waals surface area contributed by atoms with E-state index in [0.717, 1.165) is 12.2 Å². The summed E-state index contributed by atoms with van der Waals surface area (Å²) < 4.78 is 4.73. The Labute approximate surface area is 98.4 Å². The summed E-state index contributed by atoms with van der Waals surface area (Å²) in [6.45, 7) is 3.29. The van der Waals surface area contributed by atoms with Crippen LogP contribution in [0, 0.1) is 0 Å². The highest BCUT2D eigenvalue weighted by Crippen LogP contribution is 2.12. The molecule has 2 heterocycles. The first-order valence-electron chi connectivity index (χ1n) is 5.29. The van der Waals surface area contributed by atoms with Crippen LogP contribution >= 0.6 is 0 Å². The summed E-state index contributed by atoms with van der Waals surface area (Å²) in [6, 6.07) is 3.57. The van der Waals surface area contributed by atoms with Crippen molar-refractivity contribution in [3.05, 3.63) is 24.1 Å². The smallest absolute Gasteiger partial charge is 0.223 e. The van der Waals surface area contributed by atoms with Crippen LogP contribution in [0.15, 0.2) is 22.9 Å². The molecular formula is C10H14N6O. The SMILES string of the molecule is CCNc1cc(NCc2ccon2)nc(N)n1. The van der Waals surface area contributed by atoms with Gasteiger partial charge in [-0.05, 0) is 6.92 Å². The molecule has 0 amide bonds. The van der Waals surface area contributed by atoms with Crippen LogP contribution in [0.4, 0.5) is 17.6 Å². The van der Waals surface area contributed by atoms with E-state index < -0.39 is 0 Å². The predicted octanol–water partition coefficient (Wildman–Crippen LogP) is 1.09. The molecule has 0 bridgehead atoms. The lowest BCUT2D eigenvalue weighted by atomic mass is 10.4. The molecule has 0 saturated carbocycles. The Morgan fingerprint density at radius 1 is 1.29 bits per heavy atom. The molecule has 0 unspecified atom stereocenters. The van der Waals surface area contributed by atoms with Crippen molar-refractivity contribution < 1.29 is 4.52 Å². The van der Waals surface area contributed by atoms with Gasteiger partial charge in [0, 0.05) is 18.7 Å². The summed E-state index contributed by atoms with van der Waals surface area (Å²) in [7, 11) is 0. The third-order valence-electron chi connectivity index (χ3n) is 2.04. The van der Waals surface area contributed by atoms with E-state index in [1.165, 1.54) is 6.26 Å². The molecule has 0 atom stereocenters. The maximum Gasteiger partial charge on any atom is 0.223 e. The van der Waals surface area contributed by atoms with E-state index in [-0.39, 0.29) is 5.95 Å². The Morgan fingerprint density at radius 3 is 2.71 bits per heavy atom. The highest BCUT2D eigenvalue weighted by atomic mass is 16.5. The van der Waals surface area contributed by atoms with Crippen molar-refractivity contribution >= 4 is 17.6 Å². The maximum atomic E-state index is 5.60. The van der Waals surface area contributed by atoms with Crippen molar-refractivity contribution in [2.24, 2.45) is 0 Å². The molecule has 0 saturated heterocycles. The van der Waals surface area contributed by atoms with E-state index >= 15 is 0 Å². The van der Waals surface area contributed by atoms with Gasteiger partial charge in [0.2, 0.25) is 5.95 Å². The van der Waals surface area contributed by atoms with Gasteiger partial charge in [-0.3, -0.25) is 0 Å². The quantitative estimate of drug-likeness (QED) is 0.711. The number of nitrogen functional groups attached to an aromatic ring is 1. The largest absolute Gasteiger partial charge is 0.370 e. The number of rotatable bonds is 5. The molecule has 2 aromatic rings. The summed E-state index contributed by atoms with van der Waals surface area (Å²) in [5.41, 5.74) is 6.40. The van der Waals surface area contributed by atoms with E-state index in [1.807, 2.05) is 6.92 Å². The number of nitrogens with two attached hydrogens (primary N) is 1. The molecule has 0 aliphatic heterocycles. The highest BCUT2D eigenvalue weighted by molar-refractivity contribution is 5.50. The Balaban J connectivity index is 2.04. The van der Waals surface area contributed by atoms with E-state index in [0.29, 0.717) is 18.2 Å². The van der Waals surface area contributed by atoms with Crippen LogP contribution in [0.2, 0.25) is 0 Å². The van der Waals surface area contributed by atoms with Gasteiger partial charge < -0.3 is 20.9 Å². The van der Waals surface area contributed by atoms with E-state index in [4.69, 9.17) is 10.3 Å². The Bertz CT molecular complexity index is 470. The van der Waals surface area contributed by atoms with Gasteiger partial charge in [-0.2, -0.15) is 9.97 Å². The van der Waals surface area contributed by atoms with E-state index in [9.17, 15) is 0 Å². The van der Waals surface area contributed by atoms with Crippen molar-refractivity contribution in [2.75, 3.05) is 22.9 Å². The number of anilines is 3. The second-order valence-corrected chi connectivity index (χ2v) is 3.37. The van der Waals surface area contributed by atoms with Gasteiger partial charge in [0.1, 0.15) is 23.6 Å². The summed E-state index contributed by atoms with van der Waals surface area (Å²) in [5.74, 6) is 1.57. The summed E-state index contributed by atoms with van der Waals surface area (Å²) in [6.07, 6.45) is 1.52. The fraction of sp³-hybridized carbons (Fsp3) is 0.300. The molecule has 90 valence electrons. The van der Waals surface area contributed by atoms with Crippen LogP contribution in [-0.4, -0.2) is 21.7 Å². The summed E-state index contributed by atoms with van der Waals surface area (Å²) in [5, 5.41) is 9.95. The number of nitrogens with one attached hydrogen (secondary N) is 2. The normalized spacial score (nSPS) is 10.2. The fourth-order valence-corrected chi connectivity index (χ4v) is 1.34. The molecule has 2 aromatic heterocycles. The molecule has 7 nitrogen and oxygen atoms in total. The topological polar surface area (TPSA) is 102 Å². The number of hydrogen-bond acceptors (Lipinski definition) is 7. The van der Waals surface area contributed by atoms with Crippen molar-refractivity contribution in [2.45, 2.75) is 13.5 Å². The molecule has 0 aliphatic rings. The zero-order chi connectivity index (χ0) is 12.1. The van der Waals surface area contributed by atoms with Crippen LogP contribution in [0.25, 0.3) is 0 Å². The lowest BCUT2D eigenvalue weighted by molar-refractivity contribution is 0.412. The maximum absolute atomic E-state index is 5.60. The number of hydrogen-bond donors (Lipinski definition) is 3. The molecule has 4 N–H and O–H groups in total.